The predicted molar refractivity (Wildman–Crippen MR) is 116 cm³/mol. The minimum Gasteiger partial charge on any atom is -0.357 e. The fraction of sp³-hybridized carbons (Fsp3) is 0.438. The number of amides is 1. The van der Waals surface area contributed by atoms with E-state index in [4.69, 9.17) is 0 Å². The van der Waals surface area contributed by atoms with Crippen LogP contribution in [0.4, 0.5) is 0 Å². The highest BCUT2D eigenvalue weighted by Gasteiger charge is 2.10. The monoisotopic (exact) mass is 493 g/mol. The topological polar surface area (TPSA) is 78.4 Å². The van der Waals surface area contributed by atoms with Crippen molar-refractivity contribution in [1.29, 1.82) is 0 Å². The summed E-state index contributed by atoms with van der Waals surface area (Å²) in [6, 6.07) is 2.10. The van der Waals surface area contributed by atoms with E-state index in [1.54, 1.807) is 16.8 Å². The largest absolute Gasteiger partial charge is 0.357 e. The van der Waals surface area contributed by atoms with Crippen LogP contribution in [-0.2, 0) is 6.54 Å². The number of nitrogens with one attached hydrogen (secondary N) is 3. The lowest BCUT2D eigenvalue weighted by atomic mass is 10.3. The van der Waals surface area contributed by atoms with Crippen LogP contribution in [0.25, 0.3) is 0 Å². The van der Waals surface area contributed by atoms with E-state index in [0.717, 1.165) is 18.2 Å². The quantitative estimate of drug-likeness (QED) is 0.240. The van der Waals surface area contributed by atoms with Crippen LogP contribution in [0.3, 0.4) is 0 Å². The standard InChI is InChI=1S/C16H23N5OS2.HI/c1-4-17-16(20-9-13-11(2)5-8-23-13)19-7-6-18-15(22)14-12(3)21-10-24-14;/h5,8,10H,4,6-7,9H2,1-3H3,(H,18,22)(H2,17,19,20);1H. The first kappa shape index (κ1) is 21.8. The highest BCUT2D eigenvalue weighted by molar-refractivity contribution is 14.0. The Morgan fingerprint density at radius 3 is 2.56 bits per heavy atom. The van der Waals surface area contributed by atoms with Gasteiger partial charge >= 0.3 is 0 Å². The van der Waals surface area contributed by atoms with Crippen LogP contribution in [0.2, 0.25) is 0 Å². The maximum Gasteiger partial charge on any atom is 0.263 e. The Labute approximate surface area is 173 Å². The number of thiophene rings is 1. The van der Waals surface area contributed by atoms with Crippen molar-refractivity contribution in [3.05, 3.63) is 38.0 Å². The van der Waals surface area contributed by atoms with Gasteiger partial charge in [0.2, 0.25) is 0 Å². The van der Waals surface area contributed by atoms with Gasteiger partial charge in [-0.3, -0.25) is 4.79 Å². The van der Waals surface area contributed by atoms with Gasteiger partial charge in [0.25, 0.3) is 5.91 Å². The van der Waals surface area contributed by atoms with Gasteiger partial charge in [-0.2, -0.15) is 0 Å². The summed E-state index contributed by atoms with van der Waals surface area (Å²) in [6.45, 7) is 8.55. The molecular formula is C16H24IN5OS2. The predicted octanol–water partition coefficient (Wildman–Crippen LogP) is 2.92. The van der Waals surface area contributed by atoms with Gasteiger partial charge in [-0.25, -0.2) is 9.98 Å². The normalized spacial score (nSPS) is 10.9. The molecule has 9 heteroatoms. The second kappa shape index (κ2) is 11.4. The molecule has 0 saturated carbocycles. The fourth-order valence-electron chi connectivity index (χ4n) is 2.02. The van der Waals surface area contributed by atoms with E-state index in [1.807, 2.05) is 13.8 Å². The van der Waals surface area contributed by atoms with Crippen molar-refractivity contribution in [3.63, 3.8) is 0 Å². The molecule has 2 heterocycles. The number of halogens is 1. The maximum atomic E-state index is 12.0. The van der Waals surface area contributed by atoms with Crippen molar-refractivity contribution < 1.29 is 4.79 Å². The molecule has 2 aromatic heterocycles. The SMILES string of the molecule is CCNC(=NCc1sccc1C)NCCNC(=O)c1scnc1C.I. The lowest BCUT2D eigenvalue weighted by Gasteiger charge is -2.11. The zero-order valence-corrected chi connectivity index (χ0v) is 18.6. The molecule has 0 bridgehead atoms. The molecule has 0 unspecified atom stereocenters. The Balaban J connectivity index is 0.00000312. The van der Waals surface area contributed by atoms with Gasteiger partial charge in [0.1, 0.15) is 4.88 Å². The van der Waals surface area contributed by atoms with Crippen LogP contribution in [0.1, 0.15) is 32.7 Å². The molecule has 2 aromatic rings. The van der Waals surface area contributed by atoms with Gasteiger partial charge in [-0.15, -0.1) is 46.7 Å². The molecule has 2 rings (SSSR count). The first-order chi connectivity index (χ1) is 11.6. The molecule has 0 aliphatic rings. The van der Waals surface area contributed by atoms with Crippen molar-refractivity contribution >= 4 is 58.5 Å². The van der Waals surface area contributed by atoms with Crippen LogP contribution in [0.15, 0.2) is 21.9 Å². The van der Waals surface area contributed by atoms with E-state index >= 15 is 0 Å². The summed E-state index contributed by atoms with van der Waals surface area (Å²) in [7, 11) is 0. The minimum atomic E-state index is -0.0760. The van der Waals surface area contributed by atoms with Crippen molar-refractivity contribution in [3.8, 4) is 0 Å². The molecule has 0 saturated heterocycles. The third-order valence-corrected chi connectivity index (χ3v) is 5.28. The Hall–Kier alpha value is -1.20. The summed E-state index contributed by atoms with van der Waals surface area (Å²) in [5, 5.41) is 11.4. The van der Waals surface area contributed by atoms with E-state index in [1.165, 1.54) is 21.8 Å². The summed E-state index contributed by atoms with van der Waals surface area (Å²) >= 11 is 3.08. The van der Waals surface area contributed by atoms with E-state index in [-0.39, 0.29) is 29.9 Å². The van der Waals surface area contributed by atoms with Crippen LogP contribution >= 0.6 is 46.7 Å². The fourth-order valence-corrected chi connectivity index (χ4v) is 3.56. The molecule has 0 aliphatic carbocycles. The molecule has 138 valence electrons. The maximum absolute atomic E-state index is 12.0. The summed E-state index contributed by atoms with van der Waals surface area (Å²) in [6.07, 6.45) is 0. The van der Waals surface area contributed by atoms with Gasteiger partial charge in [0.05, 0.1) is 17.7 Å². The van der Waals surface area contributed by atoms with Crippen LogP contribution in [-0.4, -0.2) is 36.5 Å². The number of guanidine groups is 1. The Morgan fingerprint density at radius 1 is 1.20 bits per heavy atom. The Morgan fingerprint density at radius 2 is 1.96 bits per heavy atom. The molecule has 0 fully saturated rings. The number of carbonyl (C=O) groups excluding carboxylic acids is 1. The van der Waals surface area contributed by atoms with Crippen molar-refractivity contribution in [2.24, 2.45) is 4.99 Å². The summed E-state index contributed by atoms with van der Waals surface area (Å²) < 4.78 is 0. The van der Waals surface area contributed by atoms with Crippen LogP contribution in [0.5, 0.6) is 0 Å². The van der Waals surface area contributed by atoms with Crippen LogP contribution < -0.4 is 16.0 Å². The molecule has 25 heavy (non-hydrogen) atoms. The Kier molecular flexibility index (Phi) is 9.98. The first-order valence-corrected chi connectivity index (χ1v) is 9.61. The number of hydrogen-bond acceptors (Lipinski definition) is 5. The number of aliphatic imine (C=N–C) groups is 1. The zero-order chi connectivity index (χ0) is 17.4. The number of carbonyl (C=O) groups is 1. The van der Waals surface area contributed by atoms with Gasteiger partial charge in [-0.05, 0) is 37.8 Å². The molecule has 0 radical (unpaired) electrons. The third-order valence-electron chi connectivity index (χ3n) is 3.35. The number of nitrogens with zero attached hydrogens (tertiary/aromatic N) is 2. The smallest absolute Gasteiger partial charge is 0.263 e. The van der Waals surface area contributed by atoms with Gasteiger partial charge in [0.15, 0.2) is 5.96 Å². The average Bonchev–Trinajstić information content (AvgIpc) is 3.17. The van der Waals surface area contributed by atoms with E-state index in [2.05, 4.69) is 44.3 Å². The van der Waals surface area contributed by atoms with Crippen molar-refractivity contribution in [2.75, 3.05) is 19.6 Å². The molecule has 0 aromatic carbocycles. The van der Waals surface area contributed by atoms with Gasteiger partial charge in [0, 0.05) is 24.5 Å². The summed E-state index contributed by atoms with van der Waals surface area (Å²) in [5.74, 6) is 0.682. The molecule has 1 amide bonds. The zero-order valence-electron chi connectivity index (χ0n) is 14.6. The van der Waals surface area contributed by atoms with Crippen molar-refractivity contribution in [2.45, 2.75) is 27.3 Å². The first-order valence-electron chi connectivity index (χ1n) is 7.85. The highest BCUT2D eigenvalue weighted by atomic mass is 127. The lowest BCUT2D eigenvalue weighted by Crippen LogP contribution is -2.41. The van der Waals surface area contributed by atoms with E-state index in [9.17, 15) is 4.79 Å². The average molecular weight is 493 g/mol. The number of rotatable bonds is 7. The number of thiazole rings is 1. The molecule has 3 N–H and O–H groups in total. The molecule has 0 spiro atoms. The lowest BCUT2D eigenvalue weighted by molar-refractivity contribution is 0.0957. The van der Waals surface area contributed by atoms with Gasteiger partial charge in [-0.1, -0.05) is 0 Å². The highest BCUT2D eigenvalue weighted by Crippen LogP contribution is 2.16. The number of aromatic nitrogens is 1. The molecular weight excluding hydrogens is 469 g/mol. The Bertz CT molecular complexity index is 698. The third kappa shape index (κ3) is 6.90. The van der Waals surface area contributed by atoms with E-state index in [0.29, 0.717) is 24.5 Å². The molecule has 0 atom stereocenters. The van der Waals surface area contributed by atoms with E-state index < -0.39 is 0 Å². The van der Waals surface area contributed by atoms with Crippen molar-refractivity contribution in [1.82, 2.24) is 20.9 Å². The summed E-state index contributed by atoms with van der Waals surface area (Å²) in [5.41, 5.74) is 3.73. The molecule has 0 aliphatic heterocycles. The second-order valence-electron chi connectivity index (χ2n) is 5.17. The van der Waals surface area contributed by atoms with Crippen LogP contribution in [0, 0.1) is 13.8 Å². The second-order valence-corrected chi connectivity index (χ2v) is 7.03. The molecule has 6 nitrogen and oxygen atoms in total. The number of hydrogen-bond donors (Lipinski definition) is 3. The minimum absolute atomic E-state index is 0. The number of aryl methyl sites for hydroxylation is 2. The van der Waals surface area contributed by atoms with Gasteiger partial charge < -0.3 is 16.0 Å². The summed E-state index contributed by atoms with van der Waals surface area (Å²) in [4.78, 5) is 22.6.